The average molecular weight is 306 g/mol. The van der Waals surface area contributed by atoms with Gasteiger partial charge in [0.1, 0.15) is 0 Å². The number of rotatable bonds is 5. The van der Waals surface area contributed by atoms with E-state index >= 15 is 0 Å². The minimum Gasteiger partial charge on any atom is -0.293 e. The second kappa shape index (κ2) is 7.74. The monoisotopic (exact) mass is 305 g/mol. The third-order valence-corrected chi connectivity index (χ3v) is 4.76. The Balaban J connectivity index is 1.99. The molecule has 3 heteroatoms. The van der Waals surface area contributed by atoms with E-state index in [-0.39, 0.29) is 11.7 Å². The molecule has 1 aromatic carbocycles. The minimum absolute atomic E-state index is 0.161. The lowest BCUT2D eigenvalue weighted by atomic mass is 9.76. The van der Waals surface area contributed by atoms with Crippen LogP contribution in [0.4, 0.5) is 0 Å². The van der Waals surface area contributed by atoms with E-state index in [1.54, 1.807) is 0 Å². The Morgan fingerprint density at radius 3 is 2.43 bits per heavy atom. The van der Waals surface area contributed by atoms with Crippen LogP contribution in [0.3, 0.4) is 0 Å². The molecule has 21 heavy (non-hydrogen) atoms. The lowest BCUT2D eigenvalue weighted by Crippen LogP contribution is -2.27. The van der Waals surface area contributed by atoms with E-state index in [0.717, 1.165) is 42.8 Å². The van der Waals surface area contributed by atoms with Gasteiger partial charge in [-0.2, -0.15) is 0 Å². The molecule has 0 bridgehead atoms. The molecule has 2 rings (SSSR count). The molecule has 1 aliphatic rings. The molecule has 0 aliphatic heterocycles. The van der Waals surface area contributed by atoms with Crippen LogP contribution in [0.5, 0.6) is 0 Å². The number of carbonyl (C=O) groups excluding carboxylic acids is 1. The van der Waals surface area contributed by atoms with Gasteiger partial charge in [0.05, 0.1) is 5.71 Å². The number of halogens is 1. The van der Waals surface area contributed by atoms with Crippen LogP contribution in [0.1, 0.15) is 57.4 Å². The van der Waals surface area contributed by atoms with E-state index in [2.05, 4.69) is 11.1 Å². The Morgan fingerprint density at radius 1 is 1.19 bits per heavy atom. The second-order valence-electron chi connectivity index (χ2n) is 5.71. The third-order valence-electron chi connectivity index (χ3n) is 4.41. The zero-order valence-electron chi connectivity index (χ0n) is 12.9. The number of nitrogens with zero attached hydrogens (tertiary/aromatic N) is 1. The van der Waals surface area contributed by atoms with Gasteiger partial charge in [-0.05, 0) is 56.6 Å². The highest BCUT2D eigenvalue weighted by molar-refractivity contribution is 6.40. The summed E-state index contributed by atoms with van der Waals surface area (Å²) >= 11 is 6.28. The summed E-state index contributed by atoms with van der Waals surface area (Å²) < 4.78 is 0. The van der Waals surface area contributed by atoms with Crippen LogP contribution in [-0.4, -0.2) is 18.0 Å². The van der Waals surface area contributed by atoms with E-state index in [9.17, 15) is 4.79 Å². The number of benzene rings is 1. The first-order valence-electron chi connectivity index (χ1n) is 7.99. The van der Waals surface area contributed by atoms with Gasteiger partial charge in [0.25, 0.3) is 0 Å². The highest BCUT2D eigenvalue weighted by atomic mass is 35.5. The summed E-state index contributed by atoms with van der Waals surface area (Å²) in [4.78, 5) is 16.8. The summed E-state index contributed by atoms with van der Waals surface area (Å²) in [5.41, 5.74) is 2.02. The molecule has 1 aromatic rings. The Hall–Kier alpha value is -1.15. The highest BCUT2D eigenvalue weighted by Gasteiger charge is 2.29. The molecule has 0 unspecified atom stereocenters. The summed E-state index contributed by atoms with van der Waals surface area (Å²) in [6.07, 6.45) is 4.75. The van der Waals surface area contributed by atoms with Crippen LogP contribution in [-0.2, 0) is 4.79 Å². The Bertz CT molecular complexity index is 516. The summed E-state index contributed by atoms with van der Waals surface area (Å²) in [5, 5.41) is 0.856. The number of carbonyl (C=O) groups is 1. The molecule has 0 N–H and O–H groups in total. The maximum atomic E-state index is 12.5. The van der Waals surface area contributed by atoms with Gasteiger partial charge in [0, 0.05) is 17.5 Å². The molecule has 0 aromatic heterocycles. The summed E-state index contributed by atoms with van der Waals surface area (Å²) in [6.45, 7) is 4.70. The number of hydrogen-bond acceptors (Lipinski definition) is 2. The molecule has 1 aliphatic carbocycles. The number of Topliss-reactive ketones (excluding diaryl/α,β-unsaturated/α-hetero) is 1. The van der Waals surface area contributed by atoms with Crippen LogP contribution >= 0.6 is 11.6 Å². The van der Waals surface area contributed by atoms with E-state index < -0.39 is 0 Å². The van der Waals surface area contributed by atoms with Crippen molar-refractivity contribution in [3.8, 4) is 0 Å². The normalized spacial score (nSPS) is 23.1. The van der Waals surface area contributed by atoms with Gasteiger partial charge in [0.2, 0.25) is 0 Å². The molecule has 114 valence electrons. The molecule has 0 atom stereocenters. The minimum atomic E-state index is 0.161. The predicted molar refractivity (Wildman–Crippen MR) is 89.4 cm³/mol. The highest BCUT2D eigenvalue weighted by Crippen LogP contribution is 2.38. The lowest BCUT2D eigenvalue weighted by Gasteiger charge is -2.28. The maximum absolute atomic E-state index is 12.5. The molecule has 0 radical (unpaired) electrons. The topological polar surface area (TPSA) is 29.4 Å². The van der Waals surface area contributed by atoms with Crippen molar-refractivity contribution in [1.29, 1.82) is 0 Å². The fourth-order valence-corrected chi connectivity index (χ4v) is 3.55. The van der Waals surface area contributed by atoms with Gasteiger partial charge in [-0.1, -0.05) is 36.7 Å². The molecule has 1 fully saturated rings. The Kier molecular flexibility index (Phi) is 5.98. The standard InChI is InChI=1S/C18H24ClNO/c1-3-17(20-4-2)18(21)14-11-9-13(10-12-14)15-7-5-6-8-16(15)19/h5-8,13-14H,3-4,9-12H2,1-2H3. The zero-order valence-corrected chi connectivity index (χ0v) is 13.7. The van der Waals surface area contributed by atoms with Crippen molar-refractivity contribution in [2.24, 2.45) is 10.9 Å². The largest absolute Gasteiger partial charge is 0.293 e. The van der Waals surface area contributed by atoms with Crippen molar-refractivity contribution in [3.63, 3.8) is 0 Å². The van der Waals surface area contributed by atoms with Gasteiger partial charge in [0.15, 0.2) is 5.78 Å². The fraction of sp³-hybridized carbons (Fsp3) is 0.556. The van der Waals surface area contributed by atoms with Crippen molar-refractivity contribution >= 4 is 23.1 Å². The Labute approximate surface area is 132 Å². The van der Waals surface area contributed by atoms with E-state index in [1.807, 2.05) is 32.0 Å². The predicted octanol–water partition coefficient (Wildman–Crippen LogP) is 5.05. The van der Waals surface area contributed by atoms with Crippen LogP contribution in [0.2, 0.25) is 5.02 Å². The van der Waals surface area contributed by atoms with Gasteiger partial charge in [-0.25, -0.2) is 0 Å². The zero-order chi connectivity index (χ0) is 15.2. The van der Waals surface area contributed by atoms with Crippen molar-refractivity contribution < 1.29 is 4.79 Å². The average Bonchev–Trinajstić information content (AvgIpc) is 2.52. The first kappa shape index (κ1) is 16.2. The molecular weight excluding hydrogens is 282 g/mol. The number of aliphatic imine (C=N–C) groups is 1. The second-order valence-corrected chi connectivity index (χ2v) is 6.12. The maximum Gasteiger partial charge on any atom is 0.179 e. The molecule has 0 heterocycles. The third kappa shape index (κ3) is 3.94. The van der Waals surface area contributed by atoms with Gasteiger partial charge in [-0.3, -0.25) is 9.79 Å². The quantitative estimate of drug-likeness (QED) is 0.700. The van der Waals surface area contributed by atoms with Crippen molar-refractivity contribution in [2.75, 3.05) is 6.54 Å². The molecule has 0 spiro atoms. The van der Waals surface area contributed by atoms with E-state index in [1.165, 1.54) is 5.56 Å². The fourth-order valence-electron chi connectivity index (χ4n) is 3.26. The first-order valence-corrected chi connectivity index (χ1v) is 8.37. The molecule has 0 saturated heterocycles. The summed E-state index contributed by atoms with van der Waals surface area (Å²) in [7, 11) is 0. The van der Waals surface area contributed by atoms with Crippen molar-refractivity contribution in [2.45, 2.75) is 51.9 Å². The molecule has 0 amide bonds. The van der Waals surface area contributed by atoms with Crippen LogP contribution in [0, 0.1) is 5.92 Å². The van der Waals surface area contributed by atoms with Crippen LogP contribution < -0.4 is 0 Å². The number of ketones is 1. The number of hydrogen-bond donors (Lipinski definition) is 0. The first-order chi connectivity index (χ1) is 10.2. The lowest BCUT2D eigenvalue weighted by molar-refractivity contribution is -0.117. The van der Waals surface area contributed by atoms with Gasteiger partial charge in [-0.15, -0.1) is 0 Å². The SMILES string of the molecule is CCN=C(CC)C(=O)C1CCC(c2ccccc2Cl)CC1. The Morgan fingerprint density at radius 2 is 1.86 bits per heavy atom. The van der Waals surface area contributed by atoms with Crippen molar-refractivity contribution in [1.82, 2.24) is 0 Å². The summed E-state index contributed by atoms with van der Waals surface area (Å²) in [6, 6.07) is 8.08. The van der Waals surface area contributed by atoms with E-state index in [0.29, 0.717) is 12.5 Å². The molecule has 1 saturated carbocycles. The molecule has 2 nitrogen and oxygen atoms in total. The van der Waals surface area contributed by atoms with Crippen LogP contribution in [0.25, 0.3) is 0 Å². The van der Waals surface area contributed by atoms with Crippen LogP contribution in [0.15, 0.2) is 29.3 Å². The summed E-state index contributed by atoms with van der Waals surface area (Å²) in [5.74, 6) is 0.932. The van der Waals surface area contributed by atoms with Gasteiger partial charge >= 0.3 is 0 Å². The smallest absolute Gasteiger partial charge is 0.179 e. The van der Waals surface area contributed by atoms with E-state index in [4.69, 9.17) is 11.6 Å². The molecular formula is C18H24ClNO. The van der Waals surface area contributed by atoms with Crippen molar-refractivity contribution in [3.05, 3.63) is 34.9 Å². The van der Waals surface area contributed by atoms with Gasteiger partial charge < -0.3 is 0 Å².